The van der Waals surface area contributed by atoms with Crippen LogP contribution in [0.5, 0.6) is 0 Å². The van der Waals surface area contributed by atoms with Crippen molar-refractivity contribution in [2.75, 3.05) is 0 Å². The Morgan fingerprint density at radius 1 is 1.08 bits per heavy atom. The first kappa shape index (κ1) is 7.56. The molecule has 0 atom stereocenters. The molecule has 0 radical (unpaired) electrons. The highest BCUT2D eigenvalue weighted by Gasteiger charge is 1.99. The summed E-state index contributed by atoms with van der Waals surface area (Å²) in [7, 11) is 0. The molecule has 0 amide bonds. The summed E-state index contributed by atoms with van der Waals surface area (Å²) in [4.78, 5) is 0. The SMILES string of the molecule is Cc1ccccc1-c1ccsc1. The summed E-state index contributed by atoms with van der Waals surface area (Å²) < 4.78 is 0. The van der Waals surface area contributed by atoms with Crippen LogP contribution in [-0.2, 0) is 0 Å². The molecule has 1 heterocycles. The summed E-state index contributed by atoms with van der Waals surface area (Å²) >= 11 is 1.74. The average molecular weight is 174 g/mol. The summed E-state index contributed by atoms with van der Waals surface area (Å²) in [6.45, 7) is 2.15. The molecule has 2 rings (SSSR count). The van der Waals surface area contributed by atoms with Gasteiger partial charge in [-0.05, 0) is 40.4 Å². The maximum absolute atomic E-state index is 2.18. The van der Waals surface area contributed by atoms with E-state index in [0.29, 0.717) is 0 Å². The lowest BCUT2D eigenvalue weighted by Gasteiger charge is -2.01. The highest BCUT2D eigenvalue weighted by Crippen LogP contribution is 2.24. The molecule has 0 aliphatic carbocycles. The molecule has 0 spiro atoms. The second-order valence-electron chi connectivity index (χ2n) is 2.83. The summed E-state index contributed by atoms with van der Waals surface area (Å²) in [5.74, 6) is 0. The van der Waals surface area contributed by atoms with Gasteiger partial charge in [-0.2, -0.15) is 11.3 Å². The maximum atomic E-state index is 2.18. The molecule has 1 aromatic carbocycles. The molecule has 0 saturated heterocycles. The molecule has 12 heavy (non-hydrogen) atoms. The van der Waals surface area contributed by atoms with E-state index < -0.39 is 0 Å². The zero-order valence-electron chi connectivity index (χ0n) is 6.95. The largest absolute Gasteiger partial charge is 0.152 e. The van der Waals surface area contributed by atoms with Crippen LogP contribution in [0.25, 0.3) is 11.1 Å². The van der Waals surface area contributed by atoms with E-state index in [-0.39, 0.29) is 0 Å². The second kappa shape index (κ2) is 3.11. The molecular weight excluding hydrogens is 164 g/mol. The van der Waals surface area contributed by atoms with Gasteiger partial charge in [0.25, 0.3) is 0 Å². The van der Waals surface area contributed by atoms with Crippen LogP contribution < -0.4 is 0 Å². The van der Waals surface area contributed by atoms with E-state index in [2.05, 4.69) is 48.0 Å². The molecule has 0 aliphatic heterocycles. The summed E-state index contributed by atoms with van der Waals surface area (Å²) in [6.07, 6.45) is 0. The van der Waals surface area contributed by atoms with E-state index >= 15 is 0 Å². The molecule has 0 N–H and O–H groups in total. The topological polar surface area (TPSA) is 0 Å². The van der Waals surface area contributed by atoms with Crippen molar-refractivity contribution >= 4 is 11.3 Å². The normalized spacial score (nSPS) is 10.1. The summed E-state index contributed by atoms with van der Waals surface area (Å²) in [5.41, 5.74) is 4.02. The van der Waals surface area contributed by atoms with E-state index in [1.807, 2.05) is 0 Å². The standard InChI is InChI=1S/C11H10S/c1-9-4-2-3-5-11(9)10-6-7-12-8-10/h2-8H,1H3. The Morgan fingerprint density at radius 2 is 1.92 bits per heavy atom. The number of aryl methyl sites for hydroxylation is 1. The fraction of sp³-hybridized carbons (Fsp3) is 0.0909. The first-order valence-corrected chi connectivity index (χ1v) is 4.90. The van der Waals surface area contributed by atoms with Crippen LogP contribution in [0, 0.1) is 6.92 Å². The Labute approximate surface area is 76.5 Å². The van der Waals surface area contributed by atoms with Crippen LogP contribution in [0.1, 0.15) is 5.56 Å². The molecule has 0 aliphatic rings. The molecule has 2 aromatic rings. The molecule has 1 heteroatoms. The fourth-order valence-electron chi connectivity index (χ4n) is 1.31. The highest BCUT2D eigenvalue weighted by molar-refractivity contribution is 7.08. The predicted octanol–water partition coefficient (Wildman–Crippen LogP) is 3.72. The zero-order chi connectivity index (χ0) is 8.39. The van der Waals surface area contributed by atoms with Gasteiger partial charge in [-0.3, -0.25) is 0 Å². The third kappa shape index (κ3) is 1.28. The van der Waals surface area contributed by atoms with Crippen molar-refractivity contribution in [3.8, 4) is 11.1 Å². The fourth-order valence-corrected chi connectivity index (χ4v) is 1.97. The summed E-state index contributed by atoms with van der Waals surface area (Å²) in [6, 6.07) is 10.6. The Bertz CT molecular complexity index is 360. The summed E-state index contributed by atoms with van der Waals surface area (Å²) in [5, 5.41) is 4.30. The molecule has 1 aromatic heterocycles. The number of rotatable bonds is 1. The molecule has 0 fully saturated rings. The van der Waals surface area contributed by atoms with E-state index in [1.165, 1.54) is 16.7 Å². The zero-order valence-corrected chi connectivity index (χ0v) is 7.77. The Morgan fingerprint density at radius 3 is 2.58 bits per heavy atom. The lowest BCUT2D eigenvalue weighted by Crippen LogP contribution is -1.78. The van der Waals surface area contributed by atoms with Crippen LogP contribution in [-0.4, -0.2) is 0 Å². The van der Waals surface area contributed by atoms with Crippen molar-refractivity contribution in [1.29, 1.82) is 0 Å². The number of hydrogen-bond acceptors (Lipinski definition) is 1. The second-order valence-corrected chi connectivity index (χ2v) is 3.61. The van der Waals surface area contributed by atoms with Gasteiger partial charge in [0, 0.05) is 0 Å². The van der Waals surface area contributed by atoms with Crippen molar-refractivity contribution in [1.82, 2.24) is 0 Å². The molecule has 0 unspecified atom stereocenters. The van der Waals surface area contributed by atoms with Gasteiger partial charge in [-0.1, -0.05) is 24.3 Å². The third-order valence-corrected chi connectivity index (χ3v) is 2.66. The van der Waals surface area contributed by atoms with Crippen LogP contribution in [0.4, 0.5) is 0 Å². The van der Waals surface area contributed by atoms with Gasteiger partial charge in [0.05, 0.1) is 0 Å². The van der Waals surface area contributed by atoms with E-state index in [0.717, 1.165) is 0 Å². The smallest absolute Gasteiger partial charge is 0.00146 e. The van der Waals surface area contributed by atoms with Crippen molar-refractivity contribution in [3.63, 3.8) is 0 Å². The highest BCUT2D eigenvalue weighted by atomic mass is 32.1. The number of benzene rings is 1. The molecule has 0 saturated carbocycles. The quantitative estimate of drug-likeness (QED) is 0.618. The monoisotopic (exact) mass is 174 g/mol. The number of hydrogen-bond donors (Lipinski definition) is 0. The van der Waals surface area contributed by atoms with Gasteiger partial charge in [-0.15, -0.1) is 0 Å². The molecule has 0 nitrogen and oxygen atoms in total. The van der Waals surface area contributed by atoms with Crippen molar-refractivity contribution in [2.24, 2.45) is 0 Å². The Balaban J connectivity index is 2.55. The molecule has 60 valence electrons. The minimum absolute atomic E-state index is 1.33. The first-order chi connectivity index (χ1) is 5.88. The minimum atomic E-state index is 1.33. The van der Waals surface area contributed by atoms with Crippen molar-refractivity contribution in [3.05, 3.63) is 46.7 Å². The lowest BCUT2D eigenvalue weighted by atomic mass is 10.0. The van der Waals surface area contributed by atoms with E-state index in [4.69, 9.17) is 0 Å². The average Bonchev–Trinajstić information content (AvgIpc) is 2.57. The van der Waals surface area contributed by atoms with Gasteiger partial charge in [0.2, 0.25) is 0 Å². The van der Waals surface area contributed by atoms with Gasteiger partial charge >= 0.3 is 0 Å². The third-order valence-electron chi connectivity index (χ3n) is 1.98. The van der Waals surface area contributed by atoms with Crippen LogP contribution in [0.2, 0.25) is 0 Å². The van der Waals surface area contributed by atoms with Crippen LogP contribution in [0.15, 0.2) is 41.1 Å². The van der Waals surface area contributed by atoms with Crippen molar-refractivity contribution in [2.45, 2.75) is 6.92 Å². The van der Waals surface area contributed by atoms with E-state index in [9.17, 15) is 0 Å². The predicted molar refractivity (Wildman–Crippen MR) is 54.5 cm³/mol. The van der Waals surface area contributed by atoms with Crippen LogP contribution in [0.3, 0.4) is 0 Å². The van der Waals surface area contributed by atoms with Gasteiger partial charge in [-0.25, -0.2) is 0 Å². The molecule has 0 bridgehead atoms. The van der Waals surface area contributed by atoms with Gasteiger partial charge in [0.1, 0.15) is 0 Å². The van der Waals surface area contributed by atoms with E-state index in [1.54, 1.807) is 11.3 Å². The van der Waals surface area contributed by atoms with Crippen LogP contribution >= 0.6 is 11.3 Å². The Kier molecular flexibility index (Phi) is 1.96. The van der Waals surface area contributed by atoms with Gasteiger partial charge < -0.3 is 0 Å². The maximum Gasteiger partial charge on any atom is -0.00146 e. The first-order valence-electron chi connectivity index (χ1n) is 3.96. The minimum Gasteiger partial charge on any atom is -0.152 e. The van der Waals surface area contributed by atoms with Crippen molar-refractivity contribution < 1.29 is 0 Å². The Hall–Kier alpha value is -1.08. The number of thiophene rings is 1. The lowest BCUT2D eigenvalue weighted by molar-refractivity contribution is 1.47. The van der Waals surface area contributed by atoms with Gasteiger partial charge in [0.15, 0.2) is 0 Å². The molecular formula is C11H10S.